The van der Waals surface area contributed by atoms with Gasteiger partial charge in [0.15, 0.2) is 17.4 Å². The molecule has 2 nitrogen and oxygen atoms in total. The molecular formula is C13H9ClF3NO. The third kappa shape index (κ3) is 2.93. The Balaban J connectivity index is 2.19. The normalized spacial score (nSPS) is 10.5. The molecule has 0 fully saturated rings. The molecule has 0 aliphatic rings. The number of benzene rings is 2. The monoisotopic (exact) mass is 287 g/mol. The van der Waals surface area contributed by atoms with E-state index < -0.39 is 23.2 Å². The zero-order valence-corrected chi connectivity index (χ0v) is 10.3. The Hall–Kier alpha value is -1.88. The maximum absolute atomic E-state index is 13.5. The number of anilines is 1. The lowest BCUT2D eigenvalue weighted by atomic mass is 10.2. The fourth-order valence-corrected chi connectivity index (χ4v) is 1.79. The summed E-state index contributed by atoms with van der Waals surface area (Å²) < 4.78 is 39.7. The van der Waals surface area contributed by atoms with Crippen LogP contribution >= 0.6 is 11.6 Å². The van der Waals surface area contributed by atoms with Crippen LogP contribution in [-0.2, 0) is 6.54 Å². The van der Waals surface area contributed by atoms with Crippen molar-refractivity contribution in [1.82, 2.24) is 0 Å². The van der Waals surface area contributed by atoms with E-state index in [2.05, 4.69) is 5.32 Å². The topological polar surface area (TPSA) is 32.3 Å². The quantitative estimate of drug-likeness (QED) is 0.834. The second-order valence-corrected chi connectivity index (χ2v) is 4.25. The molecule has 0 saturated heterocycles. The SMILES string of the molecule is Oc1c(F)cc(NCc2c(F)cccc2Cl)cc1F. The molecule has 2 N–H and O–H groups in total. The van der Waals surface area contributed by atoms with Crippen molar-refractivity contribution in [3.63, 3.8) is 0 Å². The van der Waals surface area contributed by atoms with Crippen molar-refractivity contribution in [3.8, 4) is 5.75 Å². The summed E-state index contributed by atoms with van der Waals surface area (Å²) in [5.74, 6) is -3.75. The Morgan fingerprint density at radius 2 is 1.68 bits per heavy atom. The van der Waals surface area contributed by atoms with Crippen molar-refractivity contribution in [2.45, 2.75) is 6.54 Å². The minimum absolute atomic E-state index is 0.0326. The Bertz CT molecular complexity index is 576. The lowest BCUT2D eigenvalue weighted by Gasteiger charge is -2.10. The summed E-state index contributed by atoms with van der Waals surface area (Å²) in [4.78, 5) is 0. The minimum Gasteiger partial charge on any atom is -0.503 e. The summed E-state index contributed by atoms with van der Waals surface area (Å²) >= 11 is 5.82. The standard InChI is InChI=1S/C13H9ClF3NO/c14-9-2-1-3-10(15)8(9)6-18-7-4-11(16)13(19)12(17)5-7/h1-5,18-19H,6H2. The van der Waals surface area contributed by atoms with Crippen LogP contribution in [0.3, 0.4) is 0 Å². The van der Waals surface area contributed by atoms with E-state index in [1.54, 1.807) is 0 Å². The van der Waals surface area contributed by atoms with Crippen LogP contribution in [0, 0.1) is 17.5 Å². The molecule has 0 radical (unpaired) electrons. The van der Waals surface area contributed by atoms with Gasteiger partial charge < -0.3 is 10.4 Å². The van der Waals surface area contributed by atoms with Crippen LogP contribution in [0.2, 0.25) is 5.02 Å². The number of phenols is 1. The van der Waals surface area contributed by atoms with E-state index in [0.717, 1.165) is 12.1 Å². The number of rotatable bonds is 3. The van der Waals surface area contributed by atoms with E-state index in [9.17, 15) is 13.2 Å². The molecule has 0 atom stereocenters. The van der Waals surface area contributed by atoms with E-state index in [1.165, 1.54) is 18.2 Å². The molecule has 2 rings (SSSR count). The summed E-state index contributed by atoms with van der Waals surface area (Å²) in [6.45, 7) is -0.0326. The Kier molecular flexibility index (Phi) is 3.85. The summed E-state index contributed by atoms with van der Waals surface area (Å²) in [6, 6.07) is 6.03. The van der Waals surface area contributed by atoms with Crippen LogP contribution in [0.4, 0.5) is 18.9 Å². The highest BCUT2D eigenvalue weighted by Gasteiger charge is 2.11. The van der Waals surface area contributed by atoms with Gasteiger partial charge in [-0.2, -0.15) is 0 Å². The van der Waals surface area contributed by atoms with Crippen molar-refractivity contribution in [1.29, 1.82) is 0 Å². The molecule has 0 aromatic heterocycles. The Morgan fingerprint density at radius 3 is 2.26 bits per heavy atom. The number of hydrogen-bond acceptors (Lipinski definition) is 2. The van der Waals surface area contributed by atoms with Gasteiger partial charge in [-0.25, -0.2) is 13.2 Å². The van der Waals surface area contributed by atoms with Gasteiger partial charge in [-0.15, -0.1) is 0 Å². The van der Waals surface area contributed by atoms with Crippen LogP contribution in [0.25, 0.3) is 0 Å². The summed E-state index contributed by atoms with van der Waals surface area (Å²) in [6.07, 6.45) is 0. The maximum Gasteiger partial charge on any atom is 0.187 e. The highest BCUT2D eigenvalue weighted by atomic mass is 35.5. The third-order valence-electron chi connectivity index (χ3n) is 2.55. The smallest absolute Gasteiger partial charge is 0.187 e. The van der Waals surface area contributed by atoms with Crippen molar-refractivity contribution in [2.24, 2.45) is 0 Å². The van der Waals surface area contributed by atoms with E-state index in [0.29, 0.717) is 0 Å². The average molecular weight is 288 g/mol. The van der Waals surface area contributed by atoms with Gasteiger partial charge in [-0.05, 0) is 12.1 Å². The molecule has 0 saturated carbocycles. The lowest BCUT2D eigenvalue weighted by Crippen LogP contribution is -2.03. The van der Waals surface area contributed by atoms with Crippen molar-refractivity contribution < 1.29 is 18.3 Å². The van der Waals surface area contributed by atoms with Gasteiger partial charge in [0.1, 0.15) is 5.82 Å². The minimum atomic E-state index is -1.10. The van der Waals surface area contributed by atoms with Crippen LogP contribution in [0.1, 0.15) is 5.56 Å². The predicted octanol–water partition coefficient (Wildman–Crippen LogP) is 4.08. The molecule has 0 unspecified atom stereocenters. The second-order valence-electron chi connectivity index (χ2n) is 3.84. The largest absolute Gasteiger partial charge is 0.503 e. The molecule has 0 spiro atoms. The fraction of sp³-hybridized carbons (Fsp3) is 0.0769. The second kappa shape index (κ2) is 5.40. The number of halogens is 4. The van der Waals surface area contributed by atoms with E-state index in [1.807, 2.05) is 0 Å². The van der Waals surface area contributed by atoms with Gasteiger partial charge >= 0.3 is 0 Å². The molecule has 19 heavy (non-hydrogen) atoms. The summed E-state index contributed by atoms with van der Waals surface area (Å²) in [5, 5.41) is 11.8. The number of aromatic hydroxyl groups is 1. The molecule has 2 aromatic carbocycles. The lowest BCUT2D eigenvalue weighted by molar-refractivity contribution is 0.396. The Morgan fingerprint density at radius 1 is 1.05 bits per heavy atom. The summed E-state index contributed by atoms with van der Waals surface area (Å²) in [7, 11) is 0. The van der Waals surface area contributed by atoms with Crippen LogP contribution in [-0.4, -0.2) is 5.11 Å². The van der Waals surface area contributed by atoms with E-state index in [4.69, 9.17) is 16.7 Å². The molecular weight excluding hydrogens is 279 g/mol. The van der Waals surface area contributed by atoms with E-state index >= 15 is 0 Å². The molecule has 2 aromatic rings. The Labute approximate surface area is 112 Å². The highest BCUT2D eigenvalue weighted by molar-refractivity contribution is 6.31. The fourth-order valence-electron chi connectivity index (χ4n) is 1.56. The third-order valence-corrected chi connectivity index (χ3v) is 2.90. The summed E-state index contributed by atoms with van der Waals surface area (Å²) in [5.41, 5.74) is 0.269. The number of nitrogens with one attached hydrogen (secondary N) is 1. The van der Waals surface area contributed by atoms with Crippen LogP contribution in [0.5, 0.6) is 5.75 Å². The first-order valence-corrected chi connectivity index (χ1v) is 5.71. The van der Waals surface area contributed by atoms with Gasteiger partial charge in [0.2, 0.25) is 0 Å². The van der Waals surface area contributed by atoms with Gasteiger partial charge in [0.25, 0.3) is 0 Å². The first kappa shape index (κ1) is 13.5. The van der Waals surface area contributed by atoms with Crippen molar-refractivity contribution >= 4 is 17.3 Å². The molecule has 0 aliphatic carbocycles. The first-order chi connectivity index (χ1) is 8.99. The molecule has 0 heterocycles. The zero-order valence-electron chi connectivity index (χ0n) is 9.55. The van der Waals surface area contributed by atoms with Gasteiger partial charge in [-0.1, -0.05) is 17.7 Å². The molecule has 0 aliphatic heterocycles. The van der Waals surface area contributed by atoms with Gasteiger partial charge in [0, 0.05) is 35.0 Å². The first-order valence-electron chi connectivity index (χ1n) is 5.34. The zero-order chi connectivity index (χ0) is 14.0. The average Bonchev–Trinajstić information content (AvgIpc) is 2.35. The molecule has 100 valence electrons. The predicted molar refractivity (Wildman–Crippen MR) is 66.8 cm³/mol. The van der Waals surface area contributed by atoms with Crippen molar-refractivity contribution in [3.05, 3.63) is 58.4 Å². The van der Waals surface area contributed by atoms with Gasteiger partial charge in [0.05, 0.1) is 0 Å². The highest BCUT2D eigenvalue weighted by Crippen LogP contribution is 2.25. The molecule has 0 amide bonds. The van der Waals surface area contributed by atoms with Crippen LogP contribution < -0.4 is 5.32 Å². The van der Waals surface area contributed by atoms with Crippen molar-refractivity contribution in [2.75, 3.05) is 5.32 Å². The van der Waals surface area contributed by atoms with Gasteiger partial charge in [-0.3, -0.25) is 0 Å². The number of hydrogen-bond donors (Lipinski definition) is 2. The number of phenolic OH excluding ortho intramolecular Hbond substituents is 1. The maximum atomic E-state index is 13.5. The van der Waals surface area contributed by atoms with E-state index in [-0.39, 0.29) is 22.8 Å². The van der Waals surface area contributed by atoms with Crippen LogP contribution in [0.15, 0.2) is 30.3 Å². The molecule has 6 heteroatoms. The molecule has 0 bridgehead atoms.